The first-order chi connectivity index (χ1) is 10.8. The Morgan fingerprint density at radius 3 is 2.43 bits per heavy atom. The molecule has 0 saturated heterocycles. The average Bonchev–Trinajstić information content (AvgIpc) is 2.52. The number of nitro groups is 1. The first-order valence-electron chi connectivity index (χ1n) is 6.22. The second-order valence-electron chi connectivity index (χ2n) is 4.48. The summed E-state index contributed by atoms with van der Waals surface area (Å²) >= 11 is 0. The molecular formula is C13H11N5O4S. The Morgan fingerprint density at radius 1 is 1.26 bits per heavy atom. The number of hydrogen-bond donors (Lipinski definition) is 2. The van der Waals surface area contributed by atoms with Crippen LogP contribution >= 0.6 is 0 Å². The van der Waals surface area contributed by atoms with Crippen LogP contribution in [0.15, 0.2) is 41.3 Å². The fourth-order valence-corrected chi connectivity index (χ4v) is 2.28. The Balaban J connectivity index is 2.12. The van der Waals surface area contributed by atoms with Gasteiger partial charge in [-0.2, -0.15) is 5.26 Å². The van der Waals surface area contributed by atoms with Crippen molar-refractivity contribution in [1.82, 2.24) is 4.98 Å². The van der Waals surface area contributed by atoms with Crippen LogP contribution in [0.5, 0.6) is 0 Å². The van der Waals surface area contributed by atoms with E-state index in [0.717, 1.165) is 5.56 Å². The Morgan fingerprint density at radius 2 is 1.91 bits per heavy atom. The minimum absolute atomic E-state index is 0.00137. The zero-order valence-electron chi connectivity index (χ0n) is 11.6. The Bertz CT molecular complexity index is 888. The second-order valence-corrected chi connectivity index (χ2v) is 6.04. The van der Waals surface area contributed by atoms with Crippen molar-refractivity contribution in [3.8, 4) is 6.07 Å². The number of nitrogens with one attached hydrogen (secondary N) is 1. The maximum Gasteiger partial charge on any atom is 0.305 e. The molecule has 23 heavy (non-hydrogen) atoms. The van der Waals surface area contributed by atoms with Crippen molar-refractivity contribution in [3.63, 3.8) is 0 Å². The molecule has 0 bridgehead atoms. The SMILES string of the molecule is N#Cc1nc(NCc2ccc(S(N)(=O)=O)cc2)ccc1[N+](=O)[O-]. The highest BCUT2D eigenvalue weighted by atomic mass is 32.2. The summed E-state index contributed by atoms with van der Waals surface area (Å²) in [6, 6.07) is 10.1. The van der Waals surface area contributed by atoms with Gasteiger partial charge in [0, 0.05) is 12.6 Å². The monoisotopic (exact) mass is 333 g/mol. The predicted octanol–water partition coefficient (Wildman–Crippen LogP) is 1.12. The molecule has 0 amide bonds. The molecule has 0 fully saturated rings. The molecule has 0 aliphatic carbocycles. The van der Waals surface area contributed by atoms with Gasteiger partial charge in [-0.3, -0.25) is 10.1 Å². The van der Waals surface area contributed by atoms with Gasteiger partial charge in [-0.1, -0.05) is 12.1 Å². The van der Waals surface area contributed by atoms with Gasteiger partial charge < -0.3 is 5.32 Å². The molecule has 10 heteroatoms. The van der Waals surface area contributed by atoms with Crippen LogP contribution in [0.3, 0.4) is 0 Å². The van der Waals surface area contributed by atoms with E-state index in [9.17, 15) is 18.5 Å². The fraction of sp³-hybridized carbons (Fsp3) is 0.0769. The molecule has 0 saturated carbocycles. The number of anilines is 1. The summed E-state index contributed by atoms with van der Waals surface area (Å²) < 4.78 is 22.3. The molecular weight excluding hydrogens is 322 g/mol. The molecule has 0 unspecified atom stereocenters. The smallest absolute Gasteiger partial charge is 0.305 e. The number of sulfonamides is 1. The maximum absolute atomic E-state index is 11.1. The number of primary sulfonamides is 1. The Labute approximate surface area is 131 Å². The molecule has 0 atom stereocenters. The predicted molar refractivity (Wildman–Crippen MR) is 80.7 cm³/mol. The number of nitrogens with zero attached hydrogens (tertiary/aromatic N) is 3. The van der Waals surface area contributed by atoms with Crippen molar-refractivity contribution < 1.29 is 13.3 Å². The largest absolute Gasteiger partial charge is 0.366 e. The zero-order chi connectivity index (χ0) is 17.0. The lowest BCUT2D eigenvalue weighted by molar-refractivity contribution is -0.385. The molecule has 0 aliphatic heterocycles. The van der Waals surface area contributed by atoms with E-state index in [4.69, 9.17) is 10.4 Å². The normalized spacial score (nSPS) is 10.8. The average molecular weight is 333 g/mol. The highest BCUT2D eigenvalue weighted by Crippen LogP contribution is 2.18. The summed E-state index contributed by atoms with van der Waals surface area (Å²) in [4.78, 5) is 13.9. The highest BCUT2D eigenvalue weighted by molar-refractivity contribution is 7.89. The van der Waals surface area contributed by atoms with Gasteiger partial charge in [0.1, 0.15) is 11.9 Å². The van der Waals surface area contributed by atoms with Gasteiger partial charge in [-0.15, -0.1) is 0 Å². The van der Waals surface area contributed by atoms with E-state index < -0.39 is 14.9 Å². The van der Waals surface area contributed by atoms with Crippen LogP contribution in [0.1, 0.15) is 11.3 Å². The van der Waals surface area contributed by atoms with E-state index in [-0.39, 0.29) is 16.3 Å². The summed E-state index contributed by atoms with van der Waals surface area (Å²) in [6.45, 7) is 0.292. The number of pyridine rings is 1. The van der Waals surface area contributed by atoms with E-state index in [0.29, 0.717) is 12.4 Å². The summed E-state index contributed by atoms with van der Waals surface area (Å²) in [7, 11) is -3.74. The van der Waals surface area contributed by atoms with Gasteiger partial charge in [0.2, 0.25) is 15.7 Å². The molecule has 1 heterocycles. The van der Waals surface area contributed by atoms with E-state index in [1.807, 2.05) is 0 Å². The van der Waals surface area contributed by atoms with Crippen LogP contribution < -0.4 is 10.5 Å². The summed E-state index contributed by atoms with van der Waals surface area (Å²) in [5.74, 6) is 0.294. The summed E-state index contributed by atoms with van der Waals surface area (Å²) in [5, 5.41) is 27.5. The van der Waals surface area contributed by atoms with Gasteiger partial charge in [-0.25, -0.2) is 18.5 Å². The zero-order valence-corrected chi connectivity index (χ0v) is 12.4. The minimum Gasteiger partial charge on any atom is -0.366 e. The molecule has 1 aromatic heterocycles. The molecule has 9 nitrogen and oxygen atoms in total. The van der Waals surface area contributed by atoms with Crippen LogP contribution in [0.25, 0.3) is 0 Å². The lowest BCUT2D eigenvalue weighted by Crippen LogP contribution is -2.12. The van der Waals surface area contributed by atoms with Crippen LogP contribution in [0, 0.1) is 21.4 Å². The quantitative estimate of drug-likeness (QED) is 0.614. The minimum atomic E-state index is -3.74. The van der Waals surface area contributed by atoms with Gasteiger partial charge in [0.25, 0.3) is 0 Å². The number of aromatic nitrogens is 1. The molecule has 2 rings (SSSR count). The Hall–Kier alpha value is -3.03. The molecule has 0 radical (unpaired) electrons. The van der Waals surface area contributed by atoms with Gasteiger partial charge in [0.05, 0.1) is 9.82 Å². The fourth-order valence-electron chi connectivity index (χ4n) is 1.77. The highest BCUT2D eigenvalue weighted by Gasteiger charge is 2.15. The van der Waals surface area contributed by atoms with Crippen molar-refractivity contribution in [2.45, 2.75) is 11.4 Å². The third-order valence-corrected chi connectivity index (χ3v) is 3.83. The van der Waals surface area contributed by atoms with E-state index in [1.54, 1.807) is 18.2 Å². The molecule has 0 spiro atoms. The van der Waals surface area contributed by atoms with Crippen LogP contribution in [-0.4, -0.2) is 18.3 Å². The van der Waals surface area contributed by atoms with Gasteiger partial charge in [-0.05, 0) is 23.8 Å². The first kappa shape index (κ1) is 16.3. The molecule has 118 valence electrons. The summed E-state index contributed by atoms with van der Waals surface area (Å²) in [5.41, 5.74) is 0.0937. The van der Waals surface area contributed by atoms with Crippen LogP contribution in [-0.2, 0) is 16.6 Å². The number of hydrogen-bond acceptors (Lipinski definition) is 7. The number of benzene rings is 1. The third kappa shape index (κ3) is 4.00. The lowest BCUT2D eigenvalue weighted by atomic mass is 10.2. The van der Waals surface area contributed by atoms with E-state index in [2.05, 4.69) is 10.3 Å². The number of nitriles is 1. The van der Waals surface area contributed by atoms with Crippen molar-refractivity contribution >= 4 is 21.5 Å². The van der Waals surface area contributed by atoms with Gasteiger partial charge in [0.15, 0.2) is 0 Å². The number of rotatable bonds is 5. The molecule has 3 N–H and O–H groups in total. The van der Waals surface area contributed by atoms with Crippen molar-refractivity contribution in [2.24, 2.45) is 5.14 Å². The third-order valence-electron chi connectivity index (χ3n) is 2.90. The van der Waals surface area contributed by atoms with Crippen LogP contribution in [0.4, 0.5) is 11.5 Å². The van der Waals surface area contributed by atoms with Crippen molar-refractivity contribution in [2.75, 3.05) is 5.32 Å². The molecule has 2 aromatic rings. The molecule has 1 aromatic carbocycles. The Kier molecular flexibility index (Phi) is 4.54. The maximum atomic E-state index is 11.1. The standard InChI is InChI=1S/C13H11N5O4S/c14-7-11-12(18(19)20)5-6-13(17-11)16-8-9-1-3-10(4-2-9)23(15,21)22/h1-6H,8H2,(H,16,17)(H2,15,21,22). The van der Waals surface area contributed by atoms with Crippen LogP contribution in [0.2, 0.25) is 0 Å². The van der Waals surface area contributed by atoms with E-state index in [1.165, 1.54) is 24.3 Å². The molecule has 0 aliphatic rings. The second kappa shape index (κ2) is 6.39. The first-order valence-corrected chi connectivity index (χ1v) is 7.77. The van der Waals surface area contributed by atoms with Gasteiger partial charge >= 0.3 is 5.69 Å². The topological polar surface area (TPSA) is 152 Å². The number of nitrogens with two attached hydrogens (primary N) is 1. The summed E-state index contributed by atoms with van der Waals surface area (Å²) in [6.07, 6.45) is 0. The van der Waals surface area contributed by atoms with Crippen molar-refractivity contribution in [3.05, 3.63) is 57.8 Å². The van der Waals surface area contributed by atoms with E-state index >= 15 is 0 Å². The van der Waals surface area contributed by atoms with Crippen molar-refractivity contribution in [1.29, 1.82) is 5.26 Å². The lowest BCUT2D eigenvalue weighted by Gasteiger charge is -2.06.